The van der Waals surface area contributed by atoms with Crippen LogP contribution in [-0.2, 0) is 0 Å². The molecule has 4 nitrogen and oxygen atoms in total. The second-order valence-corrected chi connectivity index (χ2v) is 4.81. The molecule has 2 N–H and O–H groups in total. The van der Waals surface area contributed by atoms with E-state index < -0.39 is 0 Å². The number of phenolic OH excluding ortho intramolecular Hbond substituents is 1. The largest absolute Gasteiger partial charge is 0.508 e. The van der Waals surface area contributed by atoms with Crippen LogP contribution in [0.25, 0.3) is 5.69 Å². The first kappa shape index (κ1) is 11.3. The summed E-state index contributed by atoms with van der Waals surface area (Å²) in [5, 5.41) is 13.0. The van der Waals surface area contributed by atoms with Crippen molar-refractivity contribution in [2.24, 2.45) is 0 Å². The molecule has 1 atom stereocenters. The first-order valence-electron chi connectivity index (χ1n) is 6.31. The van der Waals surface area contributed by atoms with E-state index in [1.165, 1.54) is 12.1 Å². The van der Waals surface area contributed by atoms with E-state index >= 15 is 0 Å². The van der Waals surface area contributed by atoms with Gasteiger partial charge in [-0.2, -0.15) is 0 Å². The van der Waals surface area contributed by atoms with Crippen molar-refractivity contribution < 1.29 is 5.11 Å². The molecule has 1 fully saturated rings. The van der Waals surface area contributed by atoms with Crippen LogP contribution in [0.1, 0.15) is 30.1 Å². The lowest BCUT2D eigenvalue weighted by Crippen LogP contribution is -2.16. The summed E-state index contributed by atoms with van der Waals surface area (Å²) in [5.41, 5.74) is 3.32. The first-order valence-corrected chi connectivity index (χ1v) is 6.31. The highest BCUT2D eigenvalue weighted by Gasteiger charge is 2.20. The van der Waals surface area contributed by atoms with Crippen molar-refractivity contribution in [3.63, 3.8) is 0 Å². The number of hydrogen-bond acceptors (Lipinski definition) is 3. The van der Waals surface area contributed by atoms with Gasteiger partial charge in [0.15, 0.2) is 0 Å². The van der Waals surface area contributed by atoms with Gasteiger partial charge in [0.2, 0.25) is 0 Å². The number of nitrogens with one attached hydrogen (secondary N) is 1. The van der Waals surface area contributed by atoms with Crippen molar-refractivity contribution in [3.8, 4) is 11.4 Å². The topological polar surface area (TPSA) is 50.1 Å². The molecule has 1 aromatic carbocycles. The quantitative estimate of drug-likeness (QED) is 0.851. The molecule has 2 aromatic rings. The van der Waals surface area contributed by atoms with Crippen LogP contribution in [0.15, 0.2) is 30.7 Å². The van der Waals surface area contributed by atoms with Crippen molar-refractivity contribution in [2.75, 3.05) is 6.54 Å². The van der Waals surface area contributed by atoms with E-state index in [9.17, 15) is 5.11 Å². The van der Waals surface area contributed by atoms with Gasteiger partial charge in [-0.05, 0) is 50.1 Å². The van der Waals surface area contributed by atoms with Gasteiger partial charge in [-0.3, -0.25) is 0 Å². The molecule has 0 saturated carbocycles. The Labute approximate surface area is 106 Å². The number of imidazole rings is 1. The van der Waals surface area contributed by atoms with Gasteiger partial charge in [0.1, 0.15) is 5.75 Å². The Bertz CT molecular complexity index is 556. The Balaban J connectivity index is 2.03. The van der Waals surface area contributed by atoms with E-state index in [0.29, 0.717) is 11.8 Å². The predicted molar refractivity (Wildman–Crippen MR) is 69.9 cm³/mol. The smallest absolute Gasteiger partial charge is 0.115 e. The van der Waals surface area contributed by atoms with Gasteiger partial charge in [0.25, 0.3) is 0 Å². The normalized spacial score (nSPS) is 19.3. The maximum Gasteiger partial charge on any atom is 0.115 e. The third-order valence-electron chi connectivity index (χ3n) is 3.52. The SMILES string of the molecule is Cc1cc(O)ccc1-n1cncc1C1CCCN1. The maximum absolute atomic E-state index is 9.48. The fourth-order valence-electron chi connectivity index (χ4n) is 2.61. The number of aromatic hydroxyl groups is 1. The molecule has 3 rings (SSSR count). The summed E-state index contributed by atoms with van der Waals surface area (Å²) in [6.45, 7) is 3.07. The first-order chi connectivity index (χ1) is 8.75. The zero-order valence-corrected chi connectivity index (χ0v) is 10.4. The zero-order chi connectivity index (χ0) is 12.5. The summed E-state index contributed by atoms with van der Waals surface area (Å²) in [4.78, 5) is 4.27. The minimum absolute atomic E-state index is 0.303. The number of aromatic nitrogens is 2. The summed E-state index contributed by atoms with van der Waals surface area (Å²) in [6.07, 6.45) is 6.14. The van der Waals surface area contributed by atoms with Crippen molar-refractivity contribution >= 4 is 0 Å². The van der Waals surface area contributed by atoms with Crippen LogP contribution in [-0.4, -0.2) is 21.2 Å². The molecule has 18 heavy (non-hydrogen) atoms. The third kappa shape index (κ3) is 1.88. The number of nitrogens with zero attached hydrogens (tertiary/aromatic N) is 2. The van der Waals surface area contributed by atoms with Crippen LogP contribution in [0.4, 0.5) is 0 Å². The van der Waals surface area contributed by atoms with Gasteiger partial charge in [-0.15, -0.1) is 0 Å². The number of rotatable bonds is 2. The number of aryl methyl sites for hydroxylation is 1. The number of phenols is 1. The molecule has 1 aliphatic heterocycles. The highest BCUT2D eigenvalue weighted by molar-refractivity contribution is 5.45. The third-order valence-corrected chi connectivity index (χ3v) is 3.52. The van der Waals surface area contributed by atoms with E-state index in [-0.39, 0.29) is 0 Å². The molecular formula is C14H17N3O. The molecule has 1 aromatic heterocycles. The average Bonchev–Trinajstić information content (AvgIpc) is 2.98. The predicted octanol–water partition coefficient (Wildman–Crippen LogP) is 2.31. The molecular weight excluding hydrogens is 226 g/mol. The van der Waals surface area contributed by atoms with Crippen molar-refractivity contribution in [3.05, 3.63) is 42.0 Å². The highest BCUT2D eigenvalue weighted by Crippen LogP contribution is 2.27. The van der Waals surface area contributed by atoms with E-state index in [1.807, 2.05) is 25.5 Å². The molecule has 1 unspecified atom stereocenters. The van der Waals surface area contributed by atoms with Gasteiger partial charge < -0.3 is 15.0 Å². The van der Waals surface area contributed by atoms with Crippen LogP contribution >= 0.6 is 0 Å². The van der Waals surface area contributed by atoms with E-state index in [4.69, 9.17) is 0 Å². The second-order valence-electron chi connectivity index (χ2n) is 4.81. The number of benzene rings is 1. The second kappa shape index (κ2) is 4.46. The lowest BCUT2D eigenvalue weighted by atomic mass is 10.1. The Morgan fingerprint density at radius 1 is 1.44 bits per heavy atom. The van der Waals surface area contributed by atoms with Gasteiger partial charge in [-0.1, -0.05) is 0 Å². The van der Waals surface area contributed by atoms with Gasteiger partial charge in [0, 0.05) is 6.04 Å². The molecule has 0 bridgehead atoms. The van der Waals surface area contributed by atoms with Crippen molar-refractivity contribution in [1.29, 1.82) is 0 Å². The van der Waals surface area contributed by atoms with E-state index in [1.54, 1.807) is 12.1 Å². The summed E-state index contributed by atoms with van der Waals surface area (Å²) < 4.78 is 2.11. The fourth-order valence-corrected chi connectivity index (χ4v) is 2.61. The Kier molecular flexibility index (Phi) is 2.80. The van der Waals surface area contributed by atoms with Crippen molar-refractivity contribution in [1.82, 2.24) is 14.9 Å². The molecule has 2 heterocycles. The monoisotopic (exact) mass is 243 g/mol. The molecule has 1 saturated heterocycles. The Morgan fingerprint density at radius 2 is 2.33 bits per heavy atom. The summed E-state index contributed by atoms with van der Waals surface area (Å²) in [7, 11) is 0. The summed E-state index contributed by atoms with van der Waals surface area (Å²) >= 11 is 0. The molecule has 0 radical (unpaired) electrons. The minimum atomic E-state index is 0.303. The lowest BCUT2D eigenvalue weighted by Gasteiger charge is -2.15. The molecule has 1 aliphatic rings. The molecule has 4 heteroatoms. The molecule has 0 spiro atoms. The van der Waals surface area contributed by atoms with Gasteiger partial charge in [0.05, 0.1) is 23.9 Å². The maximum atomic E-state index is 9.48. The highest BCUT2D eigenvalue weighted by atomic mass is 16.3. The standard InChI is InChI=1S/C14H17N3O/c1-10-7-11(18)4-5-13(10)17-9-15-8-14(17)12-3-2-6-16-12/h4-5,7-9,12,16,18H,2-3,6H2,1H3. The number of hydrogen-bond donors (Lipinski definition) is 2. The zero-order valence-electron chi connectivity index (χ0n) is 10.4. The van der Waals surface area contributed by atoms with Gasteiger partial charge in [-0.25, -0.2) is 4.98 Å². The average molecular weight is 243 g/mol. The van der Waals surface area contributed by atoms with Crippen LogP contribution in [0.2, 0.25) is 0 Å². The Morgan fingerprint density at radius 3 is 3.06 bits per heavy atom. The summed E-state index contributed by atoms with van der Waals surface area (Å²) in [5.74, 6) is 0.303. The van der Waals surface area contributed by atoms with E-state index in [0.717, 1.165) is 24.2 Å². The van der Waals surface area contributed by atoms with Crippen LogP contribution in [0.3, 0.4) is 0 Å². The Hall–Kier alpha value is -1.81. The minimum Gasteiger partial charge on any atom is -0.508 e. The van der Waals surface area contributed by atoms with E-state index in [2.05, 4.69) is 14.9 Å². The summed E-state index contributed by atoms with van der Waals surface area (Å²) in [6, 6.07) is 5.82. The van der Waals surface area contributed by atoms with Crippen LogP contribution < -0.4 is 5.32 Å². The lowest BCUT2D eigenvalue weighted by molar-refractivity contribution is 0.474. The molecule has 0 aliphatic carbocycles. The van der Waals surface area contributed by atoms with Gasteiger partial charge >= 0.3 is 0 Å². The fraction of sp³-hybridized carbons (Fsp3) is 0.357. The van der Waals surface area contributed by atoms with Crippen LogP contribution in [0.5, 0.6) is 5.75 Å². The van der Waals surface area contributed by atoms with Crippen molar-refractivity contribution in [2.45, 2.75) is 25.8 Å². The molecule has 94 valence electrons. The van der Waals surface area contributed by atoms with Crippen LogP contribution in [0, 0.1) is 6.92 Å². The molecule has 0 amide bonds.